The Labute approximate surface area is 125 Å². The molecule has 0 aliphatic heterocycles. The molecule has 0 unspecified atom stereocenters. The van der Waals surface area contributed by atoms with E-state index in [4.69, 9.17) is 5.11 Å². The van der Waals surface area contributed by atoms with Crippen LogP contribution in [0, 0.1) is 6.92 Å². The van der Waals surface area contributed by atoms with E-state index in [1.807, 2.05) is 11.9 Å². The van der Waals surface area contributed by atoms with Crippen molar-refractivity contribution in [2.24, 2.45) is 0 Å². The minimum atomic E-state index is -0.847. The van der Waals surface area contributed by atoms with Gasteiger partial charge in [0, 0.05) is 13.6 Å². The minimum absolute atomic E-state index is 0.0102. The van der Waals surface area contributed by atoms with Gasteiger partial charge >= 0.3 is 5.97 Å². The minimum Gasteiger partial charge on any atom is -0.481 e. The summed E-state index contributed by atoms with van der Waals surface area (Å²) in [5.41, 5.74) is 2.44. The molecular weight excluding hydrogens is 294 g/mol. The lowest BCUT2D eigenvalue weighted by Crippen LogP contribution is -2.15. The standard InChI is InChI=1S/C13H15N3O2S2/c1-9-3-5-10(6-4-9)7-16(2)12-14-15-13(20-12)19-8-11(17)18/h3-6H,7-8H2,1-2H3,(H,17,18). The number of benzene rings is 1. The summed E-state index contributed by atoms with van der Waals surface area (Å²) >= 11 is 2.60. The zero-order chi connectivity index (χ0) is 14.5. The van der Waals surface area contributed by atoms with Crippen molar-refractivity contribution in [3.63, 3.8) is 0 Å². The number of anilines is 1. The Morgan fingerprint density at radius 3 is 2.70 bits per heavy atom. The average molecular weight is 309 g/mol. The van der Waals surface area contributed by atoms with E-state index in [-0.39, 0.29) is 5.75 Å². The molecule has 7 heteroatoms. The fraction of sp³-hybridized carbons (Fsp3) is 0.308. The highest BCUT2D eigenvalue weighted by molar-refractivity contribution is 8.01. The van der Waals surface area contributed by atoms with Crippen LogP contribution in [0.15, 0.2) is 28.6 Å². The van der Waals surface area contributed by atoms with Crippen molar-refractivity contribution < 1.29 is 9.90 Å². The Morgan fingerprint density at radius 1 is 1.35 bits per heavy atom. The molecule has 106 valence electrons. The first kappa shape index (κ1) is 14.8. The molecule has 1 heterocycles. The van der Waals surface area contributed by atoms with Gasteiger partial charge in [-0.1, -0.05) is 52.9 Å². The average Bonchev–Trinajstić information content (AvgIpc) is 2.88. The summed E-state index contributed by atoms with van der Waals surface area (Å²) in [5, 5.41) is 17.5. The molecular formula is C13H15N3O2S2. The number of thioether (sulfide) groups is 1. The van der Waals surface area contributed by atoms with E-state index in [1.165, 1.54) is 34.2 Å². The summed E-state index contributed by atoms with van der Waals surface area (Å²) in [6.07, 6.45) is 0. The topological polar surface area (TPSA) is 66.3 Å². The second kappa shape index (κ2) is 6.71. The van der Waals surface area contributed by atoms with Crippen molar-refractivity contribution in [1.82, 2.24) is 10.2 Å². The molecule has 0 spiro atoms. The fourth-order valence-electron chi connectivity index (χ4n) is 1.57. The van der Waals surface area contributed by atoms with Gasteiger partial charge < -0.3 is 10.0 Å². The van der Waals surface area contributed by atoms with Crippen molar-refractivity contribution in [3.05, 3.63) is 35.4 Å². The first-order valence-corrected chi connectivity index (χ1v) is 7.79. The molecule has 0 atom stereocenters. The maximum Gasteiger partial charge on any atom is 0.313 e. The third-order valence-corrected chi connectivity index (χ3v) is 4.74. The number of nitrogens with zero attached hydrogens (tertiary/aromatic N) is 3. The molecule has 1 aromatic carbocycles. The summed E-state index contributed by atoms with van der Waals surface area (Å²) in [6.45, 7) is 2.81. The highest BCUT2D eigenvalue weighted by Crippen LogP contribution is 2.27. The highest BCUT2D eigenvalue weighted by Gasteiger charge is 2.11. The van der Waals surface area contributed by atoms with Crippen LogP contribution in [0.2, 0.25) is 0 Å². The second-order valence-electron chi connectivity index (χ2n) is 4.37. The molecule has 0 saturated heterocycles. The van der Waals surface area contributed by atoms with Crippen LogP contribution in [-0.2, 0) is 11.3 Å². The Kier molecular flexibility index (Phi) is 4.97. The summed E-state index contributed by atoms with van der Waals surface area (Å²) in [4.78, 5) is 12.5. The van der Waals surface area contributed by atoms with Gasteiger partial charge in [0.15, 0.2) is 4.34 Å². The lowest BCUT2D eigenvalue weighted by Gasteiger charge is -2.14. The predicted octanol–water partition coefficient (Wildman–Crippen LogP) is 2.66. The van der Waals surface area contributed by atoms with E-state index < -0.39 is 5.97 Å². The maximum atomic E-state index is 10.5. The number of hydrogen-bond donors (Lipinski definition) is 1. The van der Waals surface area contributed by atoms with E-state index in [0.717, 1.165) is 11.7 Å². The van der Waals surface area contributed by atoms with E-state index in [9.17, 15) is 4.79 Å². The van der Waals surface area contributed by atoms with Crippen LogP contribution in [0.3, 0.4) is 0 Å². The normalized spacial score (nSPS) is 10.5. The summed E-state index contributed by atoms with van der Waals surface area (Å²) in [6, 6.07) is 8.34. The van der Waals surface area contributed by atoms with Crippen LogP contribution in [0.4, 0.5) is 5.13 Å². The first-order valence-electron chi connectivity index (χ1n) is 5.99. The van der Waals surface area contributed by atoms with Gasteiger partial charge in [0.25, 0.3) is 0 Å². The van der Waals surface area contributed by atoms with Crippen molar-refractivity contribution in [2.45, 2.75) is 17.8 Å². The molecule has 1 N–H and O–H groups in total. The lowest BCUT2D eigenvalue weighted by atomic mass is 10.1. The van der Waals surface area contributed by atoms with Crippen LogP contribution < -0.4 is 4.90 Å². The summed E-state index contributed by atoms with van der Waals surface area (Å²) in [5.74, 6) is -0.837. The number of rotatable bonds is 6. The molecule has 20 heavy (non-hydrogen) atoms. The van der Waals surface area contributed by atoms with Gasteiger partial charge in [-0.25, -0.2) is 0 Å². The van der Waals surface area contributed by atoms with Gasteiger partial charge in [-0.15, -0.1) is 10.2 Å². The summed E-state index contributed by atoms with van der Waals surface area (Å²) < 4.78 is 0.679. The molecule has 0 radical (unpaired) electrons. The number of aryl methyl sites for hydroxylation is 1. The van der Waals surface area contributed by atoms with Crippen LogP contribution in [-0.4, -0.2) is 34.1 Å². The van der Waals surface area contributed by atoms with Crippen molar-refractivity contribution in [1.29, 1.82) is 0 Å². The highest BCUT2D eigenvalue weighted by atomic mass is 32.2. The monoisotopic (exact) mass is 309 g/mol. The van der Waals surface area contributed by atoms with E-state index in [0.29, 0.717) is 4.34 Å². The molecule has 0 aliphatic rings. The Hall–Kier alpha value is -1.60. The molecule has 2 rings (SSSR count). The van der Waals surface area contributed by atoms with E-state index >= 15 is 0 Å². The molecule has 0 fully saturated rings. The van der Waals surface area contributed by atoms with Gasteiger partial charge in [0.1, 0.15) is 0 Å². The van der Waals surface area contributed by atoms with Crippen molar-refractivity contribution in [3.8, 4) is 0 Å². The van der Waals surface area contributed by atoms with Gasteiger partial charge in [0.05, 0.1) is 5.75 Å². The zero-order valence-electron chi connectivity index (χ0n) is 11.2. The number of aromatic nitrogens is 2. The third kappa shape index (κ3) is 4.21. The summed E-state index contributed by atoms with van der Waals surface area (Å²) in [7, 11) is 1.95. The first-order chi connectivity index (χ1) is 9.54. The van der Waals surface area contributed by atoms with Crippen LogP contribution in [0.5, 0.6) is 0 Å². The van der Waals surface area contributed by atoms with Crippen LogP contribution >= 0.6 is 23.1 Å². The predicted molar refractivity (Wildman–Crippen MR) is 81.6 cm³/mol. The van der Waals surface area contributed by atoms with Crippen LogP contribution in [0.25, 0.3) is 0 Å². The Balaban J connectivity index is 1.96. The Morgan fingerprint density at radius 2 is 2.05 bits per heavy atom. The largest absolute Gasteiger partial charge is 0.481 e. The van der Waals surface area contributed by atoms with Gasteiger partial charge in [0.2, 0.25) is 5.13 Å². The van der Waals surface area contributed by atoms with E-state index in [2.05, 4.69) is 41.4 Å². The fourth-order valence-corrected chi connectivity index (χ4v) is 3.10. The van der Waals surface area contributed by atoms with Crippen molar-refractivity contribution >= 4 is 34.2 Å². The molecule has 0 aliphatic carbocycles. The second-order valence-corrected chi connectivity index (χ2v) is 6.55. The van der Waals surface area contributed by atoms with Crippen molar-refractivity contribution in [2.75, 3.05) is 17.7 Å². The number of aliphatic carboxylic acids is 1. The molecule has 1 aromatic heterocycles. The van der Waals surface area contributed by atoms with E-state index in [1.54, 1.807) is 0 Å². The SMILES string of the molecule is Cc1ccc(CN(C)c2nnc(SCC(=O)O)s2)cc1. The molecule has 0 amide bonds. The van der Waals surface area contributed by atoms with Crippen LogP contribution in [0.1, 0.15) is 11.1 Å². The lowest BCUT2D eigenvalue weighted by molar-refractivity contribution is -0.133. The van der Waals surface area contributed by atoms with Gasteiger partial charge in [-0.2, -0.15) is 0 Å². The molecule has 0 bridgehead atoms. The Bertz CT molecular complexity index is 584. The zero-order valence-corrected chi connectivity index (χ0v) is 12.9. The number of hydrogen-bond acceptors (Lipinski definition) is 6. The number of carbonyl (C=O) groups is 1. The third-order valence-electron chi connectivity index (χ3n) is 2.58. The molecule has 5 nitrogen and oxygen atoms in total. The maximum absolute atomic E-state index is 10.5. The van der Waals surface area contributed by atoms with Gasteiger partial charge in [-0.3, -0.25) is 4.79 Å². The molecule has 2 aromatic rings. The quantitative estimate of drug-likeness (QED) is 0.828. The smallest absolute Gasteiger partial charge is 0.313 e. The molecule has 0 saturated carbocycles. The number of carboxylic acids is 1. The number of carboxylic acid groups (broad SMARTS) is 1. The van der Waals surface area contributed by atoms with Gasteiger partial charge in [-0.05, 0) is 12.5 Å².